The van der Waals surface area contributed by atoms with E-state index >= 15 is 0 Å². The molecule has 0 aliphatic heterocycles. The van der Waals surface area contributed by atoms with Gasteiger partial charge in [0, 0.05) is 30.7 Å². The maximum atomic E-state index is 12.8. The molecule has 32 heavy (non-hydrogen) atoms. The van der Waals surface area contributed by atoms with E-state index in [9.17, 15) is 13.2 Å². The van der Waals surface area contributed by atoms with Gasteiger partial charge in [-0.05, 0) is 60.5 Å². The molecule has 1 aromatic carbocycles. The number of hydrogen-bond donors (Lipinski definition) is 2. The zero-order chi connectivity index (χ0) is 22.6. The number of furan rings is 1. The highest BCUT2D eigenvalue weighted by molar-refractivity contribution is 7.89. The Labute approximate surface area is 185 Å². The summed E-state index contributed by atoms with van der Waals surface area (Å²) >= 11 is 0. The van der Waals surface area contributed by atoms with Gasteiger partial charge in [-0.1, -0.05) is 6.07 Å². The van der Waals surface area contributed by atoms with Crippen LogP contribution in [0.1, 0.15) is 27.2 Å². The number of carbonyl (C=O) groups excluding carboxylic acids is 1. The van der Waals surface area contributed by atoms with Crippen molar-refractivity contribution in [1.29, 1.82) is 0 Å². The second-order valence-electron chi connectivity index (χ2n) is 7.04. The molecule has 0 aliphatic rings. The fraction of sp³-hybridized carbons (Fsp3) is 0.136. The molecule has 0 spiro atoms. The Kier molecular flexibility index (Phi) is 6.15. The quantitative estimate of drug-likeness (QED) is 0.425. The van der Waals surface area contributed by atoms with Gasteiger partial charge in [0.05, 0.1) is 17.7 Å². The molecule has 164 valence electrons. The van der Waals surface area contributed by atoms with Crippen LogP contribution in [0.3, 0.4) is 0 Å². The van der Waals surface area contributed by atoms with Crippen molar-refractivity contribution >= 4 is 15.9 Å². The fourth-order valence-corrected chi connectivity index (χ4v) is 4.07. The van der Waals surface area contributed by atoms with E-state index in [-0.39, 0.29) is 29.5 Å². The molecule has 4 aromatic rings. The number of amides is 1. The van der Waals surface area contributed by atoms with Gasteiger partial charge in [-0.3, -0.25) is 4.79 Å². The van der Waals surface area contributed by atoms with Gasteiger partial charge in [-0.2, -0.15) is 5.10 Å². The van der Waals surface area contributed by atoms with Crippen molar-refractivity contribution in [3.05, 3.63) is 95.8 Å². The summed E-state index contributed by atoms with van der Waals surface area (Å²) in [6, 6.07) is 13.2. The highest BCUT2D eigenvalue weighted by Crippen LogP contribution is 2.17. The molecule has 0 unspecified atom stereocenters. The fourth-order valence-electron chi connectivity index (χ4n) is 3.05. The summed E-state index contributed by atoms with van der Waals surface area (Å²) in [7, 11) is -3.81. The van der Waals surface area contributed by atoms with Crippen LogP contribution in [0.25, 0.3) is 5.82 Å². The monoisotopic (exact) mass is 451 g/mol. The number of hydrogen-bond acceptors (Lipinski definition) is 6. The molecule has 1 amide bonds. The molecule has 2 N–H and O–H groups in total. The Morgan fingerprint density at radius 1 is 1.09 bits per heavy atom. The highest BCUT2D eigenvalue weighted by atomic mass is 32.2. The molecule has 0 radical (unpaired) electrons. The number of aryl methyl sites for hydroxylation is 1. The van der Waals surface area contributed by atoms with Gasteiger partial charge in [0.15, 0.2) is 5.82 Å². The van der Waals surface area contributed by atoms with E-state index in [1.807, 2.05) is 6.07 Å². The van der Waals surface area contributed by atoms with Crippen LogP contribution in [-0.4, -0.2) is 29.1 Å². The van der Waals surface area contributed by atoms with E-state index in [0.717, 1.165) is 5.56 Å². The number of rotatable bonds is 8. The standard InChI is InChI=1S/C22H21N5O4S/c1-16-5-6-19(32(29,30)26-15-18-4-2-11-31-18)13-20(16)22(28)24-14-17-7-9-23-21(12-17)27-10-3-8-25-27/h2-13,26H,14-15H2,1H3,(H,24,28). The Morgan fingerprint density at radius 2 is 1.97 bits per heavy atom. The third-order valence-electron chi connectivity index (χ3n) is 4.78. The summed E-state index contributed by atoms with van der Waals surface area (Å²) in [5, 5.41) is 6.98. The molecule has 0 saturated heterocycles. The maximum Gasteiger partial charge on any atom is 0.251 e. The van der Waals surface area contributed by atoms with Gasteiger partial charge in [0.2, 0.25) is 10.0 Å². The number of aromatic nitrogens is 3. The minimum atomic E-state index is -3.81. The number of carbonyl (C=O) groups is 1. The topological polar surface area (TPSA) is 119 Å². The van der Waals surface area contributed by atoms with Crippen molar-refractivity contribution in [2.24, 2.45) is 0 Å². The summed E-state index contributed by atoms with van der Waals surface area (Å²) in [5.41, 5.74) is 1.78. The molecule has 9 nitrogen and oxygen atoms in total. The first-order valence-electron chi connectivity index (χ1n) is 9.78. The van der Waals surface area contributed by atoms with Gasteiger partial charge < -0.3 is 9.73 Å². The molecule has 3 heterocycles. The number of nitrogens with zero attached hydrogens (tertiary/aromatic N) is 3. The predicted molar refractivity (Wildman–Crippen MR) is 116 cm³/mol. The number of nitrogens with one attached hydrogen (secondary N) is 2. The Bertz CT molecular complexity index is 1320. The van der Waals surface area contributed by atoms with Crippen LogP contribution in [-0.2, 0) is 23.1 Å². The average Bonchev–Trinajstić information content (AvgIpc) is 3.51. The van der Waals surface area contributed by atoms with Crippen molar-refractivity contribution in [3.8, 4) is 5.82 Å². The Balaban J connectivity index is 1.46. The smallest absolute Gasteiger partial charge is 0.251 e. The Morgan fingerprint density at radius 3 is 2.72 bits per heavy atom. The van der Waals surface area contributed by atoms with Gasteiger partial charge in [-0.15, -0.1) is 0 Å². The molecule has 3 aromatic heterocycles. The van der Waals surface area contributed by atoms with Crippen molar-refractivity contribution in [3.63, 3.8) is 0 Å². The van der Waals surface area contributed by atoms with Crippen LogP contribution in [0, 0.1) is 6.92 Å². The first-order chi connectivity index (χ1) is 15.4. The van der Waals surface area contributed by atoms with Gasteiger partial charge in [-0.25, -0.2) is 22.8 Å². The summed E-state index contributed by atoms with van der Waals surface area (Å²) in [6.07, 6.45) is 6.55. The lowest BCUT2D eigenvalue weighted by molar-refractivity contribution is 0.0950. The van der Waals surface area contributed by atoms with Gasteiger partial charge >= 0.3 is 0 Å². The van der Waals surface area contributed by atoms with E-state index < -0.39 is 10.0 Å². The molecule has 0 aliphatic carbocycles. The number of pyridine rings is 1. The van der Waals surface area contributed by atoms with Crippen LogP contribution >= 0.6 is 0 Å². The zero-order valence-corrected chi connectivity index (χ0v) is 18.0. The molecule has 0 fully saturated rings. The first kappa shape index (κ1) is 21.5. The van der Waals surface area contributed by atoms with Crippen LogP contribution in [0.15, 0.2) is 82.7 Å². The normalized spacial score (nSPS) is 11.4. The van der Waals surface area contributed by atoms with E-state index in [1.165, 1.54) is 18.4 Å². The van der Waals surface area contributed by atoms with Crippen LogP contribution in [0.2, 0.25) is 0 Å². The van der Waals surface area contributed by atoms with Crippen LogP contribution < -0.4 is 10.0 Å². The lowest BCUT2D eigenvalue weighted by Gasteiger charge is -2.11. The van der Waals surface area contributed by atoms with Gasteiger partial charge in [0.25, 0.3) is 5.91 Å². The molecule has 0 saturated carbocycles. The van der Waals surface area contributed by atoms with E-state index in [4.69, 9.17) is 4.42 Å². The first-order valence-corrected chi connectivity index (χ1v) is 11.3. The zero-order valence-electron chi connectivity index (χ0n) is 17.2. The minimum Gasteiger partial charge on any atom is -0.468 e. The van der Waals surface area contributed by atoms with Crippen LogP contribution in [0.4, 0.5) is 0 Å². The van der Waals surface area contributed by atoms with Gasteiger partial charge in [0.1, 0.15) is 5.76 Å². The molecule has 0 atom stereocenters. The third kappa shape index (κ3) is 4.93. The second kappa shape index (κ2) is 9.16. The minimum absolute atomic E-state index is 0.00434. The Hall–Kier alpha value is -3.76. The van der Waals surface area contributed by atoms with Crippen molar-refractivity contribution in [2.45, 2.75) is 24.9 Å². The van der Waals surface area contributed by atoms with Crippen molar-refractivity contribution < 1.29 is 17.6 Å². The SMILES string of the molecule is Cc1ccc(S(=O)(=O)NCc2ccco2)cc1C(=O)NCc1ccnc(-n2cccn2)c1. The molecule has 4 rings (SSSR count). The summed E-state index contributed by atoms with van der Waals surface area (Å²) in [5.74, 6) is 0.752. The van der Waals surface area contributed by atoms with Crippen molar-refractivity contribution in [2.75, 3.05) is 0 Å². The number of sulfonamides is 1. The van der Waals surface area contributed by atoms with Crippen molar-refractivity contribution in [1.82, 2.24) is 24.8 Å². The lowest BCUT2D eigenvalue weighted by atomic mass is 10.1. The highest BCUT2D eigenvalue weighted by Gasteiger charge is 2.18. The summed E-state index contributed by atoms with van der Waals surface area (Å²) in [6.45, 7) is 2.03. The largest absolute Gasteiger partial charge is 0.468 e. The average molecular weight is 452 g/mol. The maximum absolute atomic E-state index is 12.8. The second-order valence-corrected chi connectivity index (χ2v) is 8.80. The van der Waals surface area contributed by atoms with E-state index in [0.29, 0.717) is 17.1 Å². The lowest BCUT2D eigenvalue weighted by Crippen LogP contribution is -2.26. The number of benzene rings is 1. The van der Waals surface area contributed by atoms with Crippen LogP contribution in [0.5, 0.6) is 0 Å². The summed E-state index contributed by atoms with van der Waals surface area (Å²) < 4.78 is 34.5. The molecular weight excluding hydrogens is 430 g/mol. The third-order valence-corrected chi connectivity index (χ3v) is 6.18. The molecular formula is C22H21N5O4S. The summed E-state index contributed by atoms with van der Waals surface area (Å²) in [4.78, 5) is 17.1. The van der Waals surface area contributed by atoms with E-state index in [2.05, 4.69) is 20.1 Å². The molecule has 10 heteroatoms. The molecule has 0 bridgehead atoms. The predicted octanol–water partition coefficient (Wildman–Crippen LogP) is 2.58. The van der Waals surface area contributed by atoms with E-state index in [1.54, 1.807) is 60.5 Å².